The van der Waals surface area contributed by atoms with E-state index >= 15 is 0 Å². The quantitative estimate of drug-likeness (QED) is 0.843. The minimum atomic E-state index is -1.17. The van der Waals surface area contributed by atoms with Crippen LogP contribution in [0.15, 0.2) is 24.3 Å². The highest BCUT2D eigenvalue weighted by molar-refractivity contribution is 6.09. The van der Waals surface area contributed by atoms with Gasteiger partial charge in [-0.05, 0) is 52.0 Å². The first-order valence-corrected chi connectivity index (χ1v) is 6.69. The van der Waals surface area contributed by atoms with E-state index in [0.29, 0.717) is 18.8 Å². The Kier molecular flexibility index (Phi) is 5.25. The maximum Gasteiger partial charge on any atom is 0.239 e. The van der Waals surface area contributed by atoms with Crippen LogP contribution in [0.2, 0.25) is 0 Å². The summed E-state index contributed by atoms with van der Waals surface area (Å²) < 4.78 is 12.8. The summed E-state index contributed by atoms with van der Waals surface area (Å²) in [4.78, 5) is 26.2. The number of halogens is 1. The Hall–Kier alpha value is -1.91. The molecule has 0 fully saturated rings. The number of hydrogen-bond acceptors (Lipinski definition) is 2. The fraction of sp³-hybridized carbons (Fsp3) is 0.467. The number of nitrogens with one attached hydrogen (secondary N) is 1. The molecular formula is C15H21FN2O2. The maximum absolute atomic E-state index is 12.8. The van der Waals surface area contributed by atoms with Gasteiger partial charge in [0, 0.05) is 18.8 Å². The van der Waals surface area contributed by atoms with E-state index in [-0.39, 0.29) is 11.7 Å². The zero-order chi connectivity index (χ0) is 15.3. The van der Waals surface area contributed by atoms with Crippen LogP contribution in [0.3, 0.4) is 0 Å². The summed E-state index contributed by atoms with van der Waals surface area (Å²) in [7, 11) is 0. The molecule has 4 nitrogen and oxygen atoms in total. The molecule has 0 aliphatic heterocycles. The molecule has 0 spiro atoms. The monoisotopic (exact) mass is 280 g/mol. The Morgan fingerprint density at radius 1 is 1.15 bits per heavy atom. The van der Waals surface area contributed by atoms with E-state index in [1.807, 2.05) is 13.8 Å². The molecule has 0 aliphatic carbocycles. The van der Waals surface area contributed by atoms with Crippen molar-refractivity contribution >= 4 is 17.5 Å². The topological polar surface area (TPSA) is 49.4 Å². The van der Waals surface area contributed by atoms with Crippen LogP contribution in [0, 0.1) is 11.2 Å². The first-order valence-electron chi connectivity index (χ1n) is 6.69. The second-order valence-electron chi connectivity index (χ2n) is 5.06. The standard InChI is InChI=1S/C15H21FN2O2/c1-5-18(6-2)14(20)15(3,4)13(19)17-12-9-7-11(16)8-10-12/h7-10H,5-6H2,1-4H3,(H,17,19). The van der Waals surface area contributed by atoms with Gasteiger partial charge in [-0.1, -0.05) is 0 Å². The van der Waals surface area contributed by atoms with Crippen LogP contribution < -0.4 is 5.32 Å². The van der Waals surface area contributed by atoms with Crippen LogP contribution >= 0.6 is 0 Å². The molecule has 1 N–H and O–H groups in total. The van der Waals surface area contributed by atoms with Gasteiger partial charge in [-0.25, -0.2) is 4.39 Å². The molecule has 0 bridgehead atoms. The molecule has 0 saturated heterocycles. The van der Waals surface area contributed by atoms with Crippen molar-refractivity contribution in [2.24, 2.45) is 5.41 Å². The summed E-state index contributed by atoms with van der Waals surface area (Å²) in [6.07, 6.45) is 0. The van der Waals surface area contributed by atoms with Gasteiger partial charge in [0.2, 0.25) is 11.8 Å². The smallest absolute Gasteiger partial charge is 0.239 e. The lowest BCUT2D eigenvalue weighted by atomic mass is 9.90. The Balaban J connectivity index is 2.83. The van der Waals surface area contributed by atoms with Gasteiger partial charge >= 0.3 is 0 Å². The van der Waals surface area contributed by atoms with Crippen molar-refractivity contribution in [1.82, 2.24) is 4.90 Å². The number of amides is 2. The predicted octanol–water partition coefficient (Wildman–Crippen LogP) is 2.66. The molecule has 110 valence electrons. The number of benzene rings is 1. The number of carbonyl (C=O) groups excluding carboxylic acids is 2. The average Bonchev–Trinajstić information content (AvgIpc) is 2.42. The van der Waals surface area contributed by atoms with Crippen molar-refractivity contribution in [3.05, 3.63) is 30.1 Å². The van der Waals surface area contributed by atoms with E-state index in [1.165, 1.54) is 24.3 Å². The molecule has 20 heavy (non-hydrogen) atoms. The number of nitrogens with zero attached hydrogens (tertiary/aromatic N) is 1. The van der Waals surface area contributed by atoms with Crippen LogP contribution in [0.5, 0.6) is 0 Å². The van der Waals surface area contributed by atoms with Gasteiger partial charge < -0.3 is 10.2 Å². The lowest BCUT2D eigenvalue weighted by Gasteiger charge is -2.29. The minimum Gasteiger partial charge on any atom is -0.342 e. The lowest BCUT2D eigenvalue weighted by molar-refractivity contribution is -0.146. The molecule has 5 heteroatoms. The van der Waals surface area contributed by atoms with E-state index in [2.05, 4.69) is 5.32 Å². The van der Waals surface area contributed by atoms with E-state index in [0.717, 1.165) is 0 Å². The second kappa shape index (κ2) is 6.50. The summed E-state index contributed by atoms with van der Waals surface area (Å²) in [6, 6.07) is 5.44. The van der Waals surface area contributed by atoms with Crippen LogP contribution in [0.4, 0.5) is 10.1 Å². The summed E-state index contributed by atoms with van der Waals surface area (Å²) in [5, 5.41) is 2.64. The first kappa shape index (κ1) is 16.1. The molecule has 1 aromatic rings. The van der Waals surface area contributed by atoms with E-state index in [9.17, 15) is 14.0 Å². The maximum atomic E-state index is 12.8. The summed E-state index contributed by atoms with van der Waals surface area (Å²) in [6.45, 7) is 8.04. The van der Waals surface area contributed by atoms with Gasteiger partial charge in [-0.2, -0.15) is 0 Å². The number of carbonyl (C=O) groups is 2. The van der Waals surface area contributed by atoms with Crippen molar-refractivity contribution < 1.29 is 14.0 Å². The molecule has 0 radical (unpaired) electrons. The van der Waals surface area contributed by atoms with E-state index < -0.39 is 11.3 Å². The first-order chi connectivity index (χ1) is 9.32. The fourth-order valence-corrected chi connectivity index (χ4v) is 1.82. The van der Waals surface area contributed by atoms with Gasteiger partial charge in [0.15, 0.2) is 0 Å². The Morgan fingerprint density at radius 3 is 2.10 bits per heavy atom. The lowest BCUT2D eigenvalue weighted by Crippen LogP contribution is -2.47. The molecule has 0 atom stereocenters. The van der Waals surface area contributed by atoms with Gasteiger partial charge in [0.05, 0.1) is 0 Å². The highest BCUT2D eigenvalue weighted by Crippen LogP contribution is 2.22. The molecule has 1 aromatic carbocycles. The molecule has 0 unspecified atom stereocenters. The molecule has 1 rings (SSSR count). The van der Waals surface area contributed by atoms with Gasteiger partial charge in [-0.15, -0.1) is 0 Å². The summed E-state index contributed by atoms with van der Waals surface area (Å²) in [5.74, 6) is -0.996. The highest BCUT2D eigenvalue weighted by Gasteiger charge is 2.38. The van der Waals surface area contributed by atoms with Crippen molar-refractivity contribution in [2.75, 3.05) is 18.4 Å². The molecule has 0 aromatic heterocycles. The highest BCUT2D eigenvalue weighted by atomic mass is 19.1. The van der Waals surface area contributed by atoms with Gasteiger partial charge in [0.25, 0.3) is 0 Å². The van der Waals surface area contributed by atoms with Crippen molar-refractivity contribution in [1.29, 1.82) is 0 Å². The van der Waals surface area contributed by atoms with Crippen molar-refractivity contribution in [2.45, 2.75) is 27.7 Å². The SMILES string of the molecule is CCN(CC)C(=O)C(C)(C)C(=O)Nc1ccc(F)cc1. The van der Waals surface area contributed by atoms with Crippen LogP contribution in [-0.2, 0) is 9.59 Å². The number of hydrogen-bond donors (Lipinski definition) is 1. The third kappa shape index (κ3) is 3.56. The molecule has 2 amide bonds. The average molecular weight is 280 g/mol. The largest absolute Gasteiger partial charge is 0.342 e. The van der Waals surface area contributed by atoms with E-state index in [1.54, 1.807) is 18.7 Å². The normalized spacial score (nSPS) is 11.1. The predicted molar refractivity (Wildman–Crippen MR) is 76.7 cm³/mol. The van der Waals surface area contributed by atoms with Crippen molar-refractivity contribution in [3.63, 3.8) is 0 Å². The van der Waals surface area contributed by atoms with E-state index in [4.69, 9.17) is 0 Å². The Morgan fingerprint density at radius 2 is 1.65 bits per heavy atom. The summed E-state index contributed by atoms with van der Waals surface area (Å²) in [5.41, 5.74) is -0.697. The minimum absolute atomic E-state index is 0.220. The molecule has 0 heterocycles. The molecule has 0 aliphatic rings. The fourth-order valence-electron chi connectivity index (χ4n) is 1.82. The molecular weight excluding hydrogens is 259 g/mol. The Labute approximate surface area is 119 Å². The zero-order valence-electron chi connectivity index (χ0n) is 12.4. The second-order valence-corrected chi connectivity index (χ2v) is 5.06. The number of anilines is 1. The third-order valence-corrected chi connectivity index (χ3v) is 3.26. The van der Waals surface area contributed by atoms with Gasteiger partial charge in [-0.3, -0.25) is 9.59 Å². The van der Waals surface area contributed by atoms with Crippen LogP contribution in [0.25, 0.3) is 0 Å². The van der Waals surface area contributed by atoms with Gasteiger partial charge in [0.1, 0.15) is 11.2 Å². The third-order valence-electron chi connectivity index (χ3n) is 3.26. The zero-order valence-corrected chi connectivity index (χ0v) is 12.4. The van der Waals surface area contributed by atoms with Crippen LogP contribution in [-0.4, -0.2) is 29.8 Å². The number of rotatable bonds is 5. The summed E-state index contributed by atoms with van der Waals surface area (Å²) >= 11 is 0. The Bertz CT molecular complexity index is 479. The van der Waals surface area contributed by atoms with Crippen LogP contribution in [0.1, 0.15) is 27.7 Å². The molecule has 0 saturated carbocycles. The van der Waals surface area contributed by atoms with Crippen molar-refractivity contribution in [3.8, 4) is 0 Å².